The van der Waals surface area contributed by atoms with Crippen molar-refractivity contribution >= 4 is 11.9 Å². The summed E-state index contributed by atoms with van der Waals surface area (Å²) < 4.78 is 0. The number of amides is 1. The molecule has 1 heterocycles. The molecule has 0 aromatic carbocycles. The Morgan fingerprint density at radius 2 is 1.81 bits per heavy atom. The van der Waals surface area contributed by atoms with Crippen molar-refractivity contribution < 1.29 is 4.79 Å². The average molecular weight is 383 g/mol. The topological polar surface area (TPSA) is 72.0 Å². The predicted molar refractivity (Wildman–Crippen MR) is 114 cm³/mol. The first-order valence-corrected chi connectivity index (χ1v) is 10.9. The van der Waals surface area contributed by atoms with Crippen LogP contribution >= 0.6 is 0 Å². The summed E-state index contributed by atoms with van der Waals surface area (Å²) in [5, 5.41) is 9.90. The van der Waals surface area contributed by atoms with Gasteiger partial charge >= 0.3 is 0 Å². The van der Waals surface area contributed by atoms with Crippen LogP contribution in [0.2, 0.25) is 0 Å². The van der Waals surface area contributed by atoms with Crippen molar-refractivity contribution in [1.82, 2.24) is 25.8 Å². The number of guanidine groups is 1. The van der Waals surface area contributed by atoms with E-state index in [4.69, 9.17) is 4.99 Å². The highest BCUT2D eigenvalue weighted by Gasteiger charge is 2.21. The lowest BCUT2D eigenvalue weighted by atomic mass is 10.1. The van der Waals surface area contributed by atoms with Crippen LogP contribution in [0.15, 0.2) is 4.99 Å². The van der Waals surface area contributed by atoms with Gasteiger partial charge in [-0.15, -0.1) is 0 Å². The molecule has 0 aromatic rings. The van der Waals surface area contributed by atoms with Crippen molar-refractivity contribution in [2.45, 2.75) is 59.4 Å². The third kappa shape index (κ3) is 10.5. The molecule has 0 aliphatic carbocycles. The lowest BCUT2D eigenvalue weighted by Crippen LogP contribution is -2.50. The molecule has 0 bridgehead atoms. The van der Waals surface area contributed by atoms with Crippen molar-refractivity contribution in [1.29, 1.82) is 0 Å². The minimum absolute atomic E-state index is 0.144. The molecule has 0 radical (unpaired) electrons. The molecule has 27 heavy (non-hydrogen) atoms. The Labute approximate surface area is 166 Å². The fraction of sp³-hybridized carbons (Fsp3) is 0.900. The summed E-state index contributed by atoms with van der Waals surface area (Å²) in [5.74, 6) is 1.06. The van der Waals surface area contributed by atoms with Crippen LogP contribution in [-0.2, 0) is 4.79 Å². The minimum atomic E-state index is 0.144. The number of carbonyl (C=O) groups excluding carboxylic acids is 1. The van der Waals surface area contributed by atoms with Crippen LogP contribution in [-0.4, -0.2) is 86.6 Å². The molecule has 1 amide bonds. The molecule has 7 heteroatoms. The van der Waals surface area contributed by atoms with Gasteiger partial charge in [0.15, 0.2) is 5.96 Å². The number of nitrogens with one attached hydrogen (secondary N) is 3. The number of piperidine rings is 1. The summed E-state index contributed by atoms with van der Waals surface area (Å²) in [6.07, 6.45) is 4.26. The van der Waals surface area contributed by atoms with E-state index in [0.717, 1.165) is 77.6 Å². The van der Waals surface area contributed by atoms with Crippen LogP contribution in [0, 0.1) is 0 Å². The van der Waals surface area contributed by atoms with E-state index in [1.54, 1.807) is 0 Å². The number of hydrogen-bond donors (Lipinski definition) is 3. The van der Waals surface area contributed by atoms with Crippen molar-refractivity contribution in [3.05, 3.63) is 0 Å². The average Bonchev–Trinajstić information content (AvgIpc) is 2.67. The zero-order valence-corrected chi connectivity index (χ0v) is 18.0. The molecule has 7 nitrogen and oxygen atoms in total. The van der Waals surface area contributed by atoms with Gasteiger partial charge in [0.25, 0.3) is 0 Å². The minimum Gasteiger partial charge on any atom is -0.357 e. The first-order valence-electron chi connectivity index (χ1n) is 10.9. The van der Waals surface area contributed by atoms with E-state index in [9.17, 15) is 4.79 Å². The third-order valence-electron chi connectivity index (χ3n) is 4.89. The lowest BCUT2D eigenvalue weighted by Gasteiger charge is -2.32. The molecule has 1 aliphatic rings. The molecule has 3 N–H and O–H groups in total. The molecule has 1 fully saturated rings. The summed E-state index contributed by atoms with van der Waals surface area (Å²) >= 11 is 0. The first kappa shape index (κ1) is 23.7. The van der Waals surface area contributed by atoms with Gasteiger partial charge in [0.1, 0.15) is 0 Å². The van der Waals surface area contributed by atoms with Crippen LogP contribution in [0.4, 0.5) is 0 Å². The summed E-state index contributed by atoms with van der Waals surface area (Å²) in [4.78, 5) is 21.3. The van der Waals surface area contributed by atoms with Gasteiger partial charge in [-0.05, 0) is 45.7 Å². The number of carbonyl (C=O) groups is 1. The van der Waals surface area contributed by atoms with E-state index in [0.29, 0.717) is 12.6 Å². The van der Waals surface area contributed by atoms with Gasteiger partial charge in [-0.3, -0.25) is 14.7 Å². The van der Waals surface area contributed by atoms with E-state index in [1.807, 2.05) is 0 Å². The highest BCUT2D eigenvalue weighted by atomic mass is 16.2. The van der Waals surface area contributed by atoms with Gasteiger partial charge in [0.05, 0.1) is 13.1 Å². The maximum absolute atomic E-state index is 11.9. The van der Waals surface area contributed by atoms with Crippen LogP contribution in [0.5, 0.6) is 0 Å². The van der Waals surface area contributed by atoms with E-state index >= 15 is 0 Å². The highest BCUT2D eigenvalue weighted by Crippen LogP contribution is 2.09. The quantitative estimate of drug-likeness (QED) is 0.350. The van der Waals surface area contributed by atoms with Crippen LogP contribution in [0.25, 0.3) is 0 Å². The molecule has 1 aliphatic heterocycles. The molecule has 1 saturated heterocycles. The summed E-state index contributed by atoms with van der Waals surface area (Å²) in [5.41, 5.74) is 0. The number of likely N-dealkylation sites (tertiary alicyclic amines) is 1. The van der Waals surface area contributed by atoms with Crippen molar-refractivity contribution in [2.75, 3.05) is 58.9 Å². The molecule has 0 aromatic heterocycles. The first-order chi connectivity index (χ1) is 13.1. The molecular weight excluding hydrogens is 340 g/mol. The van der Waals surface area contributed by atoms with Gasteiger partial charge in [0.2, 0.25) is 5.91 Å². The Morgan fingerprint density at radius 3 is 2.41 bits per heavy atom. The van der Waals surface area contributed by atoms with Crippen molar-refractivity contribution in [3.8, 4) is 0 Å². The van der Waals surface area contributed by atoms with E-state index in [1.165, 1.54) is 6.42 Å². The molecule has 0 unspecified atom stereocenters. The lowest BCUT2D eigenvalue weighted by molar-refractivity contribution is -0.122. The fourth-order valence-corrected chi connectivity index (χ4v) is 3.32. The van der Waals surface area contributed by atoms with Gasteiger partial charge < -0.3 is 20.9 Å². The molecule has 0 spiro atoms. The standard InChI is InChI=1S/C20H42N6O/c1-5-11-22-19(27)17-26-14-9-18(10-15-26)24-20(21-7-3)23-12-16-25(8-4)13-6-2/h18H,5-17H2,1-4H3,(H,22,27)(H2,21,23,24). The Balaban J connectivity index is 2.36. The highest BCUT2D eigenvalue weighted by molar-refractivity contribution is 5.80. The largest absolute Gasteiger partial charge is 0.357 e. The molecule has 158 valence electrons. The van der Waals surface area contributed by atoms with E-state index in [-0.39, 0.29) is 5.91 Å². The van der Waals surface area contributed by atoms with E-state index < -0.39 is 0 Å². The molecule has 0 atom stereocenters. The number of rotatable bonds is 12. The molecule has 1 rings (SSSR count). The Hall–Kier alpha value is -1.34. The number of hydrogen-bond acceptors (Lipinski definition) is 4. The second-order valence-electron chi connectivity index (χ2n) is 7.24. The normalized spacial score (nSPS) is 16.6. The molecular formula is C20H42N6O. The summed E-state index contributed by atoms with van der Waals surface area (Å²) in [6, 6.07) is 0.427. The van der Waals surface area contributed by atoms with Gasteiger partial charge in [0, 0.05) is 38.8 Å². The smallest absolute Gasteiger partial charge is 0.234 e. The Kier molecular flexibility index (Phi) is 12.9. The fourth-order valence-electron chi connectivity index (χ4n) is 3.32. The number of aliphatic imine (C=N–C) groups is 1. The number of nitrogens with zero attached hydrogens (tertiary/aromatic N) is 3. The maximum Gasteiger partial charge on any atom is 0.234 e. The van der Waals surface area contributed by atoms with Gasteiger partial charge in [-0.1, -0.05) is 20.8 Å². The summed E-state index contributed by atoms with van der Waals surface area (Å²) in [7, 11) is 0. The van der Waals surface area contributed by atoms with Crippen molar-refractivity contribution in [2.24, 2.45) is 4.99 Å². The summed E-state index contributed by atoms with van der Waals surface area (Å²) in [6.45, 7) is 16.7. The van der Waals surface area contributed by atoms with Gasteiger partial charge in [-0.2, -0.15) is 0 Å². The Morgan fingerprint density at radius 1 is 1.07 bits per heavy atom. The Bertz CT molecular complexity index is 421. The van der Waals surface area contributed by atoms with Crippen LogP contribution in [0.3, 0.4) is 0 Å². The predicted octanol–water partition coefficient (Wildman–Crippen LogP) is 1.26. The second kappa shape index (κ2) is 14.7. The van der Waals surface area contributed by atoms with E-state index in [2.05, 4.69) is 53.4 Å². The van der Waals surface area contributed by atoms with Gasteiger partial charge in [-0.25, -0.2) is 0 Å². The zero-order chi connectivity index (χ0) is 19.9. The van der Waals surface area contributed by atoms with Crippen LogP contribution in [0.1, 0.15) is 53.4 Å². The van der Waals surface area contributed by atoms with Crippen molar-refractivity contribution in [3.63, 3.8) is 0 Å². The number of likely N-dealkylation sites (N-methyl/N-ethyl adjacent to an activating group) is 1. The SMILES string of the molecule is CCCNC(=O)CN1CCC(NC(=NCCN(CC)CCC)NCC)CC1. The molecule has 0 saturated carbocycles. The second-order valence-corrected chi connectivity index (χ2v) is 7.24. The third-order valence-corrected chi connectivity index (χ3v) is 4.89. The maximum atomic E-state index is 11.9. The zero-order valence-electron chi connectivity index (χ0n) is 18.0. The van der Waals surface area contributed by atoms with Crippen LogP contribution < -0.4 is 16.0 Å². The monoisotopic (exact) mass is 382 g/mol.